The lowest BCUT2D eigenvalue weighted by molar-refractivity contribution is -0.123. The average Bonchev–Trinajstić information content (AvgIpc) is 2.99. The van der Waals surface area contributed by atoms with Gasteiger partial charge in [-0.25, -0.2) is 4.57 Å². The second-order valence-electron chi connectivity index (χ2n) is 12.9. The van der Waals surface area contributed by atoms with Crippen LogP contribution in [0.5, 0.6) is 0 Å². The normalized spacial score (nSPS) is 13.5. The van der Waals surface area contributed by atoms with E-state index in [-0.39, 0.29) is 5.91 Å². The van der Waals surface area contributed by atoms with E-state index in [4.69, 9.17) is 9.79 Å². The Morgan fingerprint density at radius 3 is 1.39 bits per heavy atom. The zero-order valence-electron chi connectivity index (χ0n) is 28.8. The first-order valence-electron chi connectivity index (χ1n) is 18.6. The van der Waals surface area contributed by atoms with Crippen LogP contribution in [0.4, 0.5) is 0 Å². The molecule has 0 aliphatic carbocycles. The van der Waals surface area contributed by atoms with E-state index < -0.39 is 26.6 Å². The van der Waals surface area contributed by atoms with Gasteiger partial charge in [0.15, 0.2) is 0 Å². The minimum atomic E-state index is -4.70. The molecule has 4 N–H and O–H groups in total. The van der Waals surface area contributed by atoms with Gasteiger partial charge in [-0.1, -0.05) is 180 Å². The van der Waals surface area contributed by atoms with Crippen molar-refractivity contribution >= 4 is 13.7 Å². The number of aliphatic hydroxyl groups excluding tert-OH is 1. The van der Waals surface area contributed by atoms with Gasteiger partial charge in [0.1, 0.15) is 0 Å². The molecule has 0 aromatic rings. The van der Waals surface area contributed by atoms with Crippen LogP contribution < -0.4 is 5.32 Å². The summed E-state index contributed by atoms with van der Waals surface area (Å²) in [5.41, 5.74) is 0. The minimum absolute atomic E-state index is 0.225. The molecule has 262 valence electrons. The number of phosphoric acid groups is 1. The molecule has 0 aromatic carbocycles. The third kappa shape index (κ3) is 32.7. The number of nitrogens with one attached hydrogen (secondary N) is 1. The van der Waals surface area contributed by atoms with Crippen molar-refractivity contribution in [3.05, 3.63) is 12.2 Å². The summed E-state index contributed by atoms with van der Waals surface area (Å²) in [5, 5.41) is 13.3. The number of hydrogen-bond donors (Lipinski definition) is 4. The Bertz CT molecular complexity index is 698. The van der Waals surface area contributed by atoms with Gasteiger partial charge in [-0.15, -0.1) is 0 Å². The van der Waals surface area contributed by atoms with Crippen molar-refractivity contribution in [2.45, 2.75) is 206 Å². The van der Waals surface area contributed by atoms with Crippen LogP contribution in [0.25, 0.3) is 0 Å². The minimum Gasteiger partial charge on any atom is -0.387 e. The summed E-state index contributed by atoms with van der Waals surface area (Å²) in [5.74, 6) is -0.225. The van der Waals surface area contributed by atoms with E-state index in [2.05, 4.69) is 23.7 Å². The van der Waals surface area contributed by atoms with Crippen molar-refractivity contribution in [1.29, 1.82) is 0 Å². The quantitative estimate of drug-likeness (QED) is 0.0314. The first-order chi connectivity index (χ1) is 21.3. The van der Waals surface area contributed by atoms with E-state index in [1.165, 1.54) is 135 Å². The number of carbonyl (C=O) groups excluding carboxylic acids is 1. The first kappa shape index (κ1) is 43.3. The number of hydrogen-bond acceptors (Lipinski definition) is 4. The SMILES string of the molecule is CCCCCCCCCCC/C=C/[C@@H](O)[C@H](COP(=O)(O)O)NC(=O)CCCCCCCCCCCCCCCCCCC. The fourth-order valence-corrected chi connectivity index (χ4v) is 5.99. The molecule has 0 aliphatic rings. The molecule has 0 fully saturated rings. The molecule has 44 heavy (non-hydrogen) atoms. The maximum absolute atomic E-state index is 12.5. The van der Waals surface area contributed by atoms with Crippen LogP contribution in [0, 0.1) is 0 Å². The predicted molar refractivity (Wildman–Crippen MR) is 186 cm³/mol. The van der Waals surface area contributed by atoms with Crippen molar-refractivity contribution in [2.24, 2.45) is 0 Å². The molecule has 0 unspecified atom stereocenters. The van der Waals surface area contributed by atoms with Gasteiger partial charge in [-0.05, 0) is 19.3 Å². The Labute approximate surface area is 272 Å². The molecule has 2 atom stereocenters. The van der Waals surface area contributed by atoms with Crippen molar-refractivity contribution in [3.8, 4) is 0 Å². The summed E-state index contributed by atoms with van der Waals surface area (Å²) >= 11 is 0. The Hall–Kier alpha value is -0.720. The number of phosphoric ester groups is 1. The van der Waals surface area contributed by atoms with E-state index in [1.807, 2.05) is 6.08 Å². The number of unbranched alkanes of at least 4 members (excludes halogenated alkanes) is 25. The molecule has 0 aromatic heterocycles. The highest BCUT2D eigenvalue weighted by Gasteiger charge is 2.24. The highest BCUT2D eigenvalue weighted by molar-refractivity contribution is 7.46. The van der Waals surface area contributed by atoms with Crippen LogP contribution in [0.15, 0.2) is 12.2 Å². The average molecular weight is 646 g/mol. The van der Waals surface area contributed by atoms with Gasteiger partial charge in [0.2, 0.25) is 5.91 Å². The molecule has 0 saturated heterocycles. The van der Waals surface area contributed by atoms with Crippen LogP contribution in [0.1, 0.15) is 194 Å². The van der Waals surface area contributed by atoms with Crippen LogP contribution in [-0.4, -0.2) is 39.6 Å². The van der Waals surface area contributed by atoms with Gasteiger partial charge in [-0.3, -0.25) is 9.32 Å². The summed E-state index contributed by atoms with van der Waals surface area (Å²) in [6.07, 6.45) is 36.6. The van der Waals surface area contributed by atoms with E-state index >= 15 is 0 Å². The van der Waals surface area contributed by atoms with Gasteiger partial charge < -0.3 is 20.2 Å². The second kappa shape index (κ2) is 32.2. The monoisotopic (exact) mass is 646 g/mol. The molecule has 0 aliphatic heterocycles. The Balaban J connectivity index is 3.97. The van der Waals surface area contributed by atoms with Crippen molar-refractivity contribution < 1.29 is 28.8 Å². The molecule has 0 bridgehead atoms. The Kier molecular flexibility index (Phi) is 31.7. The zero-order valence-corrected chi connectivity index (χ0v) is 29.7. The zero-order chi connectivity index (χ0) is 32.6. The number of carbonyl (C=O) groups is 1. The first-order valence-corrected chi connectivity index (χ1v) is 20.2. The van der Waals surface area contributed by atoms with E-state index in [0.29, 0.717) is 6.42 Å². The lowest BCUT2D eigenvalue weighted by Gasteiger charge is -2.22. The predicted octanol–water partition coefficient (Wildman–Crippen LogP) is 10.5. The molecule has 8 heteroatoms. The summed E-state index contributed by atoms with van der Waals surface area (Å²) in [6, 6.07) is -0.903. The van der Waals surface area contributed by atoms with E-state index in [1.54, 1.807) is 6.08 Å². The van der Waals surface area contributed by atoms with Crippen molar-refractivity contribution in [1.82, 2.24) is 5.32 Å². The topological polar surface area (TPSA) is 116 Å². The number of amides is 1. The Morgan fingerprint density at radius 2 is 1.00 bits per heavy atom. The number of aliphatic hydroxyl groups is 1. The van der Waals surface area contributed by atoms with Gasteiger partial charge >= 0.3 is 7.82 Å². The lowest BCUT2D eigenvalue weighted by atomic mass is 10.0. The number of rotatable bonds is 34. The van der Waals surface area contributed by atoms with Crippen molar-refractivity contribution in [3.63, 3.8) is 0 Å². The standard InChI is InChI=1S/C36H72NO6P/c1-3-5-7-9-11-13-15-16-17-18-19-20-22-24-26-28-30-32-36(39)37-34(33-43-44(40,41)42)35(38)31-29-27-25-23-21-14-12-10-8-6-4-2/h29,31,34-35,38H,3-28,30,32-33H2,1-2H3,(H,37,39)(H2,40,41,42)/b31-29+/t34-,35+/m0/s1. The maximum atomic E-state index is 12.5. The maximum Gasteiger partial charge on any atom is 0.469 e. The van der Waals surface area contributed by atoms with Crippen LogP contribution in [0.2, 0.25) is 0 Å². The van der Waals surface area contributed by atoms with Gasteiger partial charge in [0, 0.05) is 6.42 Å². The summed E-state index contributed by atoms with van der Waals surface area (Å²) < 4.78 is 15.8. The fourth-order valence-electron chi connectivity index (χ4n) is 5.64. The molecule has 0 heterocycles. The summed E-state index contributed by atoms with van der Waals surface area (Å²) in [4.78, 5) is 30.7. The Morgan fingerprint density at radius 1 is 0.636 bits per heavy atom. The molecule has 1 amide bonds. The van der Waals surface area contributed by atoms with Crippen LogP contribution in [-0.2, 0) is 13.9 Å². The van der Waals surface area contributed by atoms with E-state index in [9.17, 15) is 14.5 Å². The van der Waals surface area contributed by atoms with Gasteiger partial charge in [-0.2, -0.15) is 0 Å². The second-order valence-corrected chi connectivity index (χ2v) is 14.1. The number of allylic oxidation sites excluding steroid dienone is 1. The third-order valence-corrected chi connectivity index (χ3v) is 8.98. The molecule has 0 radical (unpaired) electrons. The summed E-state index contributed by atoms with van der Waals surface area (Å²) in [7, 11) is -4.70. The molecule has 0 spiro atoms. The smallest absolute Gasteiger partial charge is 0.387 e. The fraction of sp³-hybridized carbons (Fsp3) is 0.917. The molecule has 0 saturated carbocycles. The van der Waals surface area contributed by atoms with E-state index in [0.717, 1.165) is 38.5 Å². The lowest BCUT2D eigenvalue weighted by Crippen LogP contribution is -2.45. The third-order valence-electron chi connectivity index (χ3n) is 8.50. The largest absolute Gasteiger partial charge is 0.469 e. The highest BCUT2D eigenvalue weighted by atomic mass is 31.2. The molecule has 0 rings (SSSR count). The molecular weight excluding hydrogens is 573 g/mol. The summed E-state index contributed by atoms with van der Waals surface area (Å²) in [6.45, 7) is 4.05. The van der Waals surface area contributed by atoms with Gasteiger partial charge in [0.05, 0.1) is 18.8 Å². The molecular formula is C36H72NO6P. The van der Waals surface area contributed by atoms with Gasteiger partial charge in [0.25, 0.3) is 0 Å². The molecule has 7 nitrogen and oxygen atoms in total. The highest BCUT2D eigenvalue weighted by Crippen LogP contribution is 2.35. The van der Waals surface area contributed by atoms with Crippen LogP contribution in [0.3, 0.4) is 0 Å². The van der Waals surface area contributed by atoms with Crippen LogP contribution >= 0.6 is 7.82 Å². The van der Waals surface area contributed by atoms with Crippen molar-refractivity contribution in [2.75, 3.05) is 6.61 Å².